The Bertz CT molecular complexity index is 669. The van der Waals surface area contributed by atoms with E-state index in [1.54, 1.807) is 19.4 Å². The normalized spacial score (nSPS) is 16.8. The molecule has 0 saturated carbocycles. The number of hydrogen-bond donors (Lipinski definition) is 4. The minimum atomic E-state index is -0.576. The molecule has 0 aromatic heterocycles. The van der Waals surface area contributed by atoms with E-state index in [1.165, 1.54) is 0 Å². The summed E-state index contributed by atoms with van der Waals surface area (Å²) in [6, 6.07) is 0.203. The van der Waals surface area contributed by atoms with Crippen LogP contribution in [-0.4, -0.2) is 54.6 Å². The van der Waals surface area contributed by atoms with E-state index in [1.807, 2.05) is 31.4 Å². The van der Waals surface area contributed by atoms with Gasteiger partial charge in [-0.05, 0) is 82.9 Å². The van der Waals surface area contributed by atoms with Crippen molar-refractivity contribution < 1.29 is 9.84 Å². The summed E-state index contributed by atoms with van der Waals surface area (Å²) in [4.78, 5) is 2.17. The van der Waals surface area contributed by atoms with E-state index in [4.69, 9.17) is 4.74 Å². The molecule has 0 aromatic carbocycles. The molecule has 192 valence electrons. The predicted octanol–water partition coefficient (Wildman–Crippen LogP) is 4.73. The number of allylic oxidation sites excluding steroid dienone is 4. The highest BCUT2D eigenvalue weighted by Crippen LogP contribution is 2.18. The van der Waals surface area contributed by atoms with Crippen molar-refractivity contribution in [3.8, 4) is 0 Å². The van der Waals surface area contributed by atoms with Gasteiger partial charge in [-0.2, -0.15) is 0 Å². The van der Waals surface area contributed by atoms with Crippen molar-refractivity contribution in [3.63, 3.8) is 0 Å². The number of ether oxygens (including phenoxy) is 1. The molecule has 0 bridgehead atoms. The quantitative estimate of drug-likeness (QED) is 0.181. The molecule has 0 amide bonds. The fourth-order valence-electron chi connectivity index (χ4n) is 2.98. The molecule has 1 rings (SSSR count). The van der Waals surface area contributed by atoms with Crippen LogP contribution in [0.1, 0.15) is 46.5 Å². The molecule has 4 N–H and O–H groups in total. The minimum Gasteiger partial charge on any atom is -0.391 e. The van der Waals surface area contributed by atoms with Gasteiger partial charge in [0.15, 0.2) is 0 Å². The largest absolute Gasteiger partial charge is 0.391 e. The van der Waals surface area contributed by atoms with E-state index in [2.05, 4.69) is 84.6 Å². The third kappa shape index (κ3) is 17.0. The second kappa shape index (κ2) is 21.0. The van der Waals surface area contributed by atoms with Gasteiger partial charge in [0.25, 0.3) is 0 Å². The number of hydrogen-bond acceptors (Lipinski definition) is 6. The van der Waals surface area contributed by atoms with Gasteiger partial charge in [0.05, 0.1) is 5.60 Å². The van der Waals surface area contributed by atoms with Crippen molar-refractivity contribution >= 4 is 0 Å². The number of methoxy groups -OCH3 is 1. The van der Waals surface area contributed by atoms with E-state index < -0.39 is 6.23 Å². The molecule has 3 atom stereocenters. The summed E-state index contributed by atoms with van der Waals surface area (Å²) < 4.78 is 5.58. The predicted molar refractivity (Wildman–Crippen MR) is 147 cm³/mol. The van der Waals surface area contributed by atoms with Crippen molar-refractivity contribution in [1.29, 1.82) is 0 Å². The molecule has 0 radical (unpaired) electrons. The molecule has 1 aliphatic rings. The standard InChI is InChI=1S/C16H26N2O.C12H22N2O/c1-4-17-12-11-16(2,19-3)10-6-9-15-18-13-7-5-8-14-18;1-4-7-8-11(13-5-2)9-10-12(15)14-6-3/h5,7-9,11-13,15,17H,4,6,10,14H2,1-3H3;4-5,9-15H,1-2,6-8H2,3H3/b12-11+,15-9+;10-9+. The molecule has 6 nitrogen and oxygen atoms in total. The first-order valence-electron chi connectivity index (χ1n) is 12.2. The Morgan fingerprint density at radius 2 is 1.97 bits per heavy atom. The second-order valence-corrected chi connectivity index (χ2v) is 8.03. The van der Waals surface area contributed by atoms with Gasteiger partial charge in [-0.25, -0.2) is 0 Å². The van der Waals surface area contributed by atoms with Crippen LogP contribution in [0.5, 0.6) is 0 Å². The fraction of sp³-hybridized carbons (Fsp3) is 0.500. The van der Waals surface area contributed by atoms with Gasteiger partial charge < -0.3 is 25.4 Å². The van der Waals surface area contributed by atoms with Crippen LogP contribution in [0.2, 0.25) is 0 Å². The van der Waals surface area contributed by atoms with Gasteiger partial charge in [0.1, 0.15) is 6.23 Å². The van der Waals surface area contributed by atoms with Crippen LogP contribution < -0.4 is 16.0 Å². The lowest BCUT2D eigenvalue weighted by Crippen LogP contribution is -2.28. The van der Waals surface area contributed by atoms with Crippen LogP contribution in [0.4, 0.5) is 0 Å². The van der Waals surface area contributed by atoms with Crippen molar-refractivity contribution in [2.24, 2.45) is 0 Å². The molecule has 6 heteroatoms. The van der Waals surface area contributed by atoms with Crippen LogP contribution in [0.15, 0.2) is 86.6 Å². The maximum atomic E-state index is 9.42. The lowest BCUT2D eigenvalue weighted by Gasteiger charge is -2.24. The Morgan fingerprint density at radius 3 is 2.56 bits per heavy atom. The summed E-state index contributed by atoms with van der Waals surface area (Å²) in [5.74, 6) is 0. The first-order valence-corrected chi connectivity index (χ1v) is 12.2. The van der Waals surface area contributed by atoms with Crippen molar-refractivity contribution in [3.05, 3.63) is 86.6 Å². The summed E-state index contributed by atoms with van der Waals surface area (Å²) in [6.07, 6.45) is 27.2. The number of aliphatic hydroxyl groups excluding tert-OH is 1. The zero-order chi connectivity index (χ0) is 25.5. The Labute approximate surface area is 208 Å². The topological polar surface area (TPSA) is 68.8 Å². The van der Waals surface area contributed by atoms with Crippen LogP contribution >= 0.6 is 0 Å². The van der Waals surface area contributed by atoms with E-state index in [-0.39, 0.29) is 11.6 Å². The molecule has 34 heavy (non-hydrogen) atoms. The van der Waals surface area contributed by atoms with Gasteiger partial charge in [-0.1, -0.05) is 43.9 Å². The Kier molecular flexibility index (Phi) is 19.5. The zero-order valence-electron chi connectivity index (χ0n) is 21.7. The van der Waals surface area contributed by atoms with Crippen LogP contribution in [-0.2, 0) is 4.74 Å². The average molecular weight is 473 g/mol. The first kappa shape index (κ1) is 31.5. The van der Waals surface area contributed by atoms with E-state index in [0.29, 0.717) is 0 Å². The van der Waals surface area contributed by atoms with Gasteiger partial charge in [0.2, 0.25) is 0 Å². The number of likely N-dealkylation sites (N-methyl/N-ethyl adjacent to an activating group) is 1. The highest BCUT2D eigenvalue weighted by molar-refractivity contribution is 5.11. The third-order valence-corrected chi connectivity index (χ3v) is 5.12. The van der Waals surface area contributed by atoms with Gasteiger partial charge in [0, 0.05) is 32.4 Å². The fourth-order valence-corrected chi connectivity index (χ4v) is 2.98. The lowest BCUT2D eigenvalue weighted by molar-refractivity contribution is 0.0419. The van der Waals surface area contributed by atoms with Gasteiger partial charge in [-0.3, -0.25) is 5.32 Å². The van der Waals surface area contributed by atoms with E-state index >= 15 is 0 Å². The highest BCUT2D eigenvalue weighted by atomic mass is 16.5. The molecule has 0 saturated heterocycles. The number of rotatable bonds is 17. The number of aliphatic hydroxyl groups is 1. The Morgan fingerprint density at radius 1 is 1.18 bits per heavy atom. The maximum Gasteiger partial charge on any atom is 0.124 e. The van der Waals surface area contributed by atoms with Gasteiger partial charge in [-0.15, -0.1) is 6.58 Å². The maximum absolute atomic E-state index is 9.42. The smallest absolute Gasteiger partial charge is 0.124 e. The Hall–Kier alpha value is -2.54. The Balaban J connectivity index is 0.000000661. The number of nitrogens with one attached hydrogen (secondary N) is 3. The van der Waals surface area contributed by atoms with Crippen molar-refractivity contribution in [2.45, 2.75) is 64.3 Å². The zero-order valence-corrected chi connectivity index (χ0v) is 21.7. The molecule has 0 aromatic rings. The molecule has 0 spiro atoms. The van der Waals surface area contributed by atoms with Crippen molar-refractivity contribution in [2.75, 3.05) is 26.7 Å². The monoisotopic (exact) mass is 472 g/mol. The van der Waals surface area contributed by atoms with Crippen LogP contribution in [0, 0.1) is 0 Å². The van der Waals surface area contributed by atoms with Crippen LogP contribution in [0.3, 0.4) is 0 Å². The second-order valence-electron chi connectivity index (χ2n) is 8.03. The van der Waals surface area contributed by atoms with Crippen LogP contribution in [0.25, 0.3) is 0 Å². The molecule has 0 fully saturated rings. The van der Waals surface area contributed by atoms with Gasteiger partial charge >= 0.3 is 0 Å². The minimum absolute atomic E-state index is 0.203. The number of nitrogens with zero attached hydrogens (tertiary/aromatic N) is 1. The van der Waals surface area contributed by atoms with Crippen molar-refractivity contribution in [1.82, 2.24) is 20.9 Å². The lowest BCUT2D eigenvalue weighted by atomic mass is 10.00. The summed E-state index contributed by atoms with van der Waals surface area (Å²) >= 11 is 0. The summed E-state index contributed by atoms with van der Waals surface area (Å²) in [7, 11) is 1.76. The SMILES string of the molecule is C=CCCC(/C=C/C(O)NCC)NC=C.CCN/C=C/C(C)(CC/C=C/N1C=CC=CC1)OC. The molecular formula is C28H48N4O2. The molecule has 1 aliphatic heterocycles. The average Bonchev–Trinajstić information content (AvgIpc) is 2.85. The highest BCUT2D eigenvalue weighted by Gasteiger charge is 2.18. The third-order valence-electron chi connectivity index (χ3n) is 5.12. The first-order chi connectivity index (χ1) is 16.4. The molecule has 0 aliphatic carbocycles. The summed E-state index contributed by atoms with van der Waals surface area (Å²) in [5.41, 5.74) is -0.204. The molecular weight excluding hydrogens is 424 g/mol. The summed E-state index contributed by atoms with van der Waals surface area (Å²) in [6.45, 7) is 16.1. The van der Waals surface area contributed by atoms with E-state index in [9.17, 15) is 5.11 Å². The molecule has 1 heterocycles. The molecule has 3 unspecified atom stereocenters. The van der Waals surface area contributed by atoms with E-state index in [0.717, 1.165) is 45.3 Å². The summed E-state index contributed by atoms with van der Waals surface area (Å²) in [5, 5.41) is 18.6.